The first-order valence-corrected chi connectivity index (χ1v) is 9.61. The number of aromatic amines is 1. The predicted molar refractivity (Wildman–Crippen MR) is 107 cm³/mol. The van der Waals surface area contributed by atoms with Crippen molar-refractivity contribution in [3.05, 3.63) is 64.9 Å². The van der Waals surface area contributed by atoms with Gasteiger partial charge in [-0.15, -0.1) is 0 Å². The van der Waals surface area contributed by atoms with Crippen LogP contribution in [0.15, 0.2) is 53.7 Å². The van der Waals surface area contributed by atoms with Crippen LogP contribution in [0.25, 0.3) is 0 Å². The number of benzene rings is 2. The molecule has 8 heteroatoms. The largest absolute Gasteiger partial charge is 0.454 e. The molecular weight excluding hydrogens is 376 g/mol. The predicted octanol–water partition coefficient (Wildman–Crippen LogP) is 3.46. The molecule has 1 aromatic heterocycles. The molecule has 0 radical (unpaired) electrons. The first-order valence-electron chi connectivity index (χ1n) is 9.24. The van der Waals surface area contributed by atoms with Crippen LogP contribution in [0.3, 0.4) is 0 Å². The molecule has 2 aliphatic rings. The van der Waals surface area contributed by atoms with E-state index in [1.807, 2.05) is 42.5 Å². The Kier molecular flexibility index (Phi) is 4.46. The number of nitrogens with one attached hydrogen (secondary N) is 1. The molecule has 0 amide bonds. The van der Waals surface area contributed by atoms with Crippen molar-refractivity contribution in [2.24, 2.45) is 4.99 Å². The molecule has 0 saturated carbocycles. The minimum atomic E-state index is 0.672. The fourth-order valence-electron chi connectivity index (χ4n) is 3.58. The lowest BCUT2D eigenvalue weighted by Gasteiger charge is -2.36. The average Bonchev–Trinajstić information content (AvgIpc) is 3.16. The van der Waals surface area contributed by atoms with Crippen molar-refractivity contribution in [2.75, 3.05) is 26.2 Å². The number of ether oxygens (including phenoxy) is 1. The van der Waals surface area contributed by atoms with E-state index in [2.05, 4.69) is 25.2 Å². The van der Waals surface area contributed by atoms with Crippen molar-refractivity contribution in [2.45, 2.75) is 6.54 Å². The lowest BCUT2D eigenvalue weighted by atomic mass is 10.1. The zero-order valence-corrected chi connectivity index (χ0v) is 15.9. The Hall–Kier alpha value is -2.90. The molecule has 0 bridgehead atoms. The van der Waals surface area contributed by atoms with E-state index >= 15 is 0 Å². The third kappa shape index (κ3) is 3.34. The summed E-state index contributed by atoms with van der Waals surface area (Å²) in [4.78, 5) is 9.63. The molecule has 5 rings (SSSR count). The maximum atomic E-state index is 6.30. The molecule has 1 saturated heterocycles. The van der Waals surface area contributed by atoms with Gasteiger partial charge in [-0.25, -0.2) is 4.99 Å². The molecule has 2 aromatic carbocycles. The molecule has 28 heavy (non-hydrogen) atoms. The van der Waals surface area contributed by atoms with Gasteiger partial charge in [0, 0.05) is 37.7 Å². The van der Waals surface area contributed by atoms with E-state index in [1.165, 1.54) is 0 Å². The first-order chi connectivity index (χ1) is 13.8. The van der Waals surface area contributed by atoms with Gasteiger partial charge in [0.25, 0.3) is 0 Å². The van der Waals surface area contributed by atoms with Gasteiger partial charge in [0.2, 0.25) is 0 Å². The molecule has 3 aromatic rings. The minimum absolute atomic E-state index is 0.672. The number of para-hydroxylation sites is 2. The molecule has 2 aliphatic heterocycles. The number of fused-ring (bicyclic) bond motifs is 2. The molecule has 0 atom stereocenters. The highest BCUT2D eigenvalue weighted by Crippen LogP contribution is 2.38. The summed E-state index contributed by atoms with van der Waals surface area (Å²) in [7, 11) is 0. The van der Waals surface area contributed by atoms with Crippen LogP contribution in [0, 0.1) is 0 Å². The van der Waals surface area contributed by atoms with E-state index in [-0.39, 0.29) is 0 Å². The monoisotopic (exact) mass is 394 g/mol. The zero-order chi connectivity index (χ0) is 18.9. The van der Waals surface area contributed by atoms with Crippen molar-refractivity contribution in [1.29, 1.82) is 0 Å². The van der Waals surface area contributed by atoms with Crippen LogP contribution < -0.4 is 4.74 Å². The lowest BCUT2D eigenvalue weighted by Crippen LogP contribution is -2.48. The number of piperazine rings is 1. The van der Waals surface area contributed by atoms with Gasteiger partial charge in [-0.2, -0.15) is 15.4 Å². The number of hydrogen-bond donors (Lipinski definition) is 1. The van der Waals surface area contributed by atoms with Crippen LogP contribution in [-0.2, 0) is 6.54 Å². The Balaban J connectivity index is 1.43. The summed E-state index contributed by atoms with van der Waals surface area (Å²) < 4.78 is 6.14. The Morgan fingerprint density at radius 3 is 2.71 bits per heavy atom. The third-order valence-electron chi connectivity index (χ3n) is 5.02. The van der Waals surface area contributed by atoms with Gasteiger partial charge in [0.15, 0.2) is 5.75 Å². The standard InChI is InChI=1S/C20H19ClN6O/c21-14-5-6-18-16(11-14)20(23-17-3-1-2-4-19(17)28-18)27-9-7-26(8-10-27)13-15-12-22-25-24-15/h1-6,11-12H,7-10,13H2,(H,22,24,25). The second-order valence-corrected chi connectivity index (χ2v) is 7.31. The molecule has 0 spiro atoms. The number of aliphatic imine (C=N–C) groups is 1. The van der Waals surface area contributed by atoms with Gasteiger partial charge in [-0.3, -0.25) is 4.90 Å². The van der Waals surface area contributed by atoms with Crippen molar-refractivity contribution < 1.29 is 4.74 Å². The van der Waals surface area contributed by atoms with E-state index in [4.69, 9.17) is 21.3 Å². The van der Waals surface area contributed by atoms with Gasteiger partial charge in [0.05, 0.1) is 17.5 Å². The van der Waals surface area contributed by atoms with Crippen LogP contribution >= 0.6 is 11.6 Å². The van der Waals surface area contributed by atoms with Gasteiger partial charge in [0.1, 0.15) is 17.3 Å². The fourth-order valence-corrected chi connectivity index (χ4v) is 3.76. The molecule has 1 fully saturated rings. The van der Waals surface area contributed by atoms with Crippen LogP contribution in [-0.4, -0.2) is 57.2 Å². The van der Waals surface area contributed by atoms with Gasteiger partial charge >= 0.3 is 0 Å². The average molecular weight is 395 g/mol. The number of halogens is 1. The van der Waals surface area contributed by atoms with Crippen molar-refractivity contribution in [1.82, 2.24) is 25.2 Å². The summed E-state index contributed by atoms with van der Waals surface area (Å²) >= 11 is 6.30. The summed E-state index contributed by atoms with van der Waals surface area (Å²) in [5.74, 6) is 2.44. The number of nitrogens with zero attached hydrogens (tertiary/aromatic N) is 5. The molecule has 7 nitrogen and oxygen atoms in total. The molecule has 142 valence electrons. The Morgan fingerprint density at radius 2 is 1.89 bits per heavy atom. The van der Waals surface area contributed by atoms with E-state index < -0.39 is 0 Å². The van der Waals surface area contributed by atoms with Crippen molar-refractivity contribution in [3.8, 4) is 11.5 Å². The van der Waals surface area contributed by atoms with E-state index in [0.29, 0.717) is 5.02 Å². The molecule has 1 N–H and O–H groups in total. The Morgan fingerprint density at radius 1 is 1.04 bits per heavy atom. The first kappa shape index (κ1) is 17.2. The summed E-state index contributed by atoms with van der Waals surface area (Å²) in [6, 6.07) is 13.5. The number of aromatic nitrogens is 3. The summed E-state index contributed by atoms with van der Waals surface area (Å²) in [6.45, 7) is 4.37. The van der Waals surface area contributed by atoms with E-state index in [1.54, 1.807) is 6.20 Å². The van der Waals surface area contributed by atoms with Crippen LogP contribution in [0.4, 0.5) is 5.69 Å². The van der Waals surface area contributed by atoms with Crippen LogP contribution in [0.2, 0.25) is 5.02 Å². The summed E-state index contributed by atoms with van der Waals surface area (Å²) in [5.41, 5.74) is 2.71. The maximum Gasteiger partial charge on any atom is 0.153 e. The fraction of sp³-hybridized carbons (Fsp3) is 0.250. The zero-order valence-electron chi connectivity index (χ0n) is 15.2. The van der Waals surface area contributed by atoms with Crippen LogP contribution in [0.5, 0.6) is 11.5 Å². The molecular formula is C20H19ClN6O. The summed E-state index contributed by atoms with van der Waals surface area (Å²) in [5, 5.41) is 11.4. The van der Waals surface area contributed by atoms with Gasteiger partial charge in [-0.1, -0.05) is 23.7 Å². The minimum Gasteiger partial charge on any atom is -0.454 e. The second-order valence-electron chi connectivity index (χ2n) is 6.87. The van der Waals surface area contributed by atoms with Crippen LogP contribution in [0.1, 0.15) is 11.3 Å². The molecule has 3 heterocycles. The van der Waals surface area contributed by atoms with Crippen molar-refractivity contribution >= 4 is 23.1 Å². The summed E-state index contributed by atoms with van der Waals surface area (Å²) in [6.07, 6.45) is 1.77. The number of hydrogen-bond acceptors (Lipinski definition) is 6. The Bertz CT molecular complexity index is 1010. The topological polar surface area (TPSA) is 69.6 Å². The van der Waals surface area contributed by atoms with Crippen molar-refractivity contribution in [3.63, 3.8) is 0 Å². The number of H-pyrrole nitrogens is 1. The maximum absolute atomic E-state index is 6.30. The van der Waals surface area contributed by atoms with Gasteiger partial charge in [-0.05, 0) is 30.3 Å². The number of rotatable bonds is 2. The SMILES string of the molecule is Clc1ccc2c(c1)C(N1CCN(Cc3cn[nH]n3)CC1)=Nc1ccccc1O2. The molecule has 0 aliphatic carbocycles. The van der Waals surface area contributed by atoms with E-state index in [0.717, 1.165) is 67.0 Å². The normalized spacial score (nSPS) is 16.6. The van der Waals surface area contributed by atoms with Gasteiger partial charge < -0.3 is 9.64 Å². The lowest BCUT2D eigenvalue weighted by molar-refractivity contribution is 0.174. The smallest absolute Gasteiger partial charge is 0.153 e. The highest BCUT2D eigenvalue weighted by Gasteiger charge is 2.26. The quantitative estimate of drug-likeness (QED) is 0.720. The molecule has 0 unspecified atom stereocenters. The van der Waals surface area contributed by atoms with E-state index in [9.17, 15) is 0 Å². The number of amidine groups is 1. The third-order valence-corrected chi connectivity index (χ3v) is 5.25. The second kappa shape index (κ2) is 7.26. The highest BCUT2D eigenvalue weighted by molar-refractivity contribution is 6.31. The highest BCUT2D eigenvalue weighted by atomic mass is 35.5. The Labute approximate surface area is 167 Å².